The molecule has 57 heavy (non-hydrogen) atoms. The Morgan fingerprint density at radius 3 is 2.42 bits per heavy atom. The number of amides is 2. The van der Waals surface area contributed by atoms with Gasteiger partial charge < -0.3 is 29.5 Å². The summed E-state index contributed by atoms with van der Waals surface area (Å²) in [7, 11) is 0. The summed E-state index contributed by atoms with van der Waals surface area (Å²) in [4.78, 5) is 63.1. The summed E-state index contributed by atoms with van der Waals surface area (Å²) in [6.45, 7) is 7.78. The molecule has 19 heteroatoms. The Morgan fingerprint density at radius 2 is 1.74 bits per heavy atom. The zero-order valence-electron chi connectivity index (χ0n) is 31.0. The van der Waals surface area contributed by atoms with E-state index in [9.17, 15) is 32.7 Å². The summed E-state index contributed by atoms with van der Waals surface area (Å²) in [6, 6.07) is 6.33. The minimum atomic E-state index is -4.63. The number of aryl methyl sites for hydroxylation is 2. The number of pyridine rings is 1. The zero-order valence-corrected chi connectivity index (χ0v) is 31.8. The number of hydrogen-bond acceptors (Lipinski definition) is 11. The van der Waals surface area contributed by atoms with Gasteiger partial charge >= 0.3 is 6.18 Å². The lowest BCUT2D eigenvalue weighted by Crippen LogP contribution is -2.46. The van der Waals surface area contributed by atoms with Crippen molar-refractivity contribution in [2.24, 2.45) is 0 Å². The molecule has 1 aliphatic carbocycles. The van der Waals surface area contributed by atoms with Gasteiger partial charge in [-0.05, 0) is 69.5 Å². The molecule has 15 nitrogen and oxygen atoms in total. The summed E-state index contributed by atoms with van der Waals surface area (Å²) in [6.07, 6.45) is -0.792. The van der Waals surface area contributed by atoms with Crippen molar-refractivity contribution in [3.05, 3.63) is 92.0 Å². The molecule has 2 saturated heterocycles. The number of carbonyl (C=O) groups excluding carboxylic acids is 2. The van der Waals surface area contributed by atoms with Gasteiger partial charge in [0.1, 0.15) is 18.7 Å². The van der Waals surface area contributed by atoms with Gasteiger partial charge in [0, 0.05) is 37.2 Å². The van der Waals surface area contributed by atoms with Crippen molar-refractivity contribution in [3.63, 3.8) is 0 Å². The van der Waals surface area contributed by atoms with Gasteiger partial charge in [-0.2, -0.15) is 22.7 Å². The third kappa shape index (κ3) is 6.75. The molecular formula is C38H36ClF3N10O5. The number of nitrogens with one attached hydrogen (secondary N) is 1. The van der Waals surface area contributed by atoms with Crippen LogP contribution in [0, 0.1) is 13.8 Å². The van der Waals surface area contributed by atoms with E-state index in [-0.39, 0.29) is 52.5 Å². The predicted octanol–water partition coefficient (Wildman–Crippen LogP) is 4.80. The van der Waals surface area contributed by atoms with Gasteiger partial charge in [0.15, 0.2) is 17.3 Å². The van der Waals surface area contributed by atoms with Crippen LogP contribution < -0.4 is 15.8 Å². The number of nitrogens with zero attached hydrogens (tertiary/aromatic N) is 9. The van der Waals surface area contributed by atoms with Crippen molar-refractivity contribution >= 4 is 46.3 Å². The smallest absolute Gasteiger partial charge is 0.416 e. The van der Waals surface area contributed by atoms with Crippen molar-refractivity contribution in [2.75, 3.05) is 49.6 Å². The number of benzene rings is 1. The Balaban J connectivity index is 1.19. The third-order valence-electron chi connectivity index (χ3n) is 10.8. The normalized spacial score (nSPS) is 16.6. The molecular weight excluding hydrogens is 769 g/mol. The second-order valence-electron chi connectivity index (χ2n) is 14.3. The molecule has 8 rings (SSSR count). The Morgan fingerprint density at radius 1 is 1.00 bits per heavy atom. The summed E-state index contributed by atoms with van der Waals surface area (Å²) in [5.41, 5.74) is 0.541. The zero-order chi connectivity index (χ0) is 40.4. The summed E-state index contributed by atoms with van der Waals surface area (Å²) >= 11 is 6.19. The predicted molar refractivity (Wildman–Crippen MR) is 202 cm³/mol. The molecule has 1 spiro atoms. The highest BCUT2D eigenvalue weighted by molar-refractivity contribution is 6.33. The first-order valence-electron chi connectivity index (χ1n) is 18.2. The van der Waals surface area contributed by atoms with Crippen LogP contribution in [0.5, 0.6) is 5.75 Å². The van der Waals surface area contributed by atoms with Crippen LogP contribution >= 0.6 is 11.6 Å². The number of hydrogen-bond donors (Lipinski definition) is 2. The first-order chi connectivity index (χ1) is 27.1. The van der Waals surface area contributed by atoms with Crippen LogP contribution in [0.3, 0.4) is 0 Å². The topological polar surface area (TPSA) is 173 Å². The summed E-state index contributed by atoms with van der Waals surface area (Å²) in [5.74, 6) is -0.387. The number of carbonyl (C=O) groups is 2. The Hall–Kier alpha value is -5.88. The Bertz CT molecular complexity index is 2560. The number of allylic oxidation sites excluding steroid dienone is 2. The molecule has 2 aliphatic heterocycles. The highest BCUT2D eigenvalue weighted by atomic mass is 35.5. The maximum absolute atomic E-state index is 14.7. The first-order valence-corrected chi connectivity index (χ1v) is 18.5. The Kier molecular flexibility index (Phi) is 9.50. The standard InChI is InChI=1S/C38H36ClF3N10O5/c1-20-17-37(8-10-50(11-9-37)35(56)30-32(54)22(3)43-19-44-30)29-31(20)51(18-28(53)46-26-6-4-23(16-25(26)39)38(40,41)42)36-47-33(48-52(36)34(29)55)24-5-7-27(45-21(24)2)49-12-14-57-15-13-49/h4-7,16-17,19,54H,8-15,18H2,1-3H3,(H,46,53). The number of aromatic nitrogens is 7. The van der Waals surface area contributed by atoms with Crippen molar-refractivity contribution in [2.45, 2.75) is 51.7 Å². The fraction of sp³-hybridized carbons (Fsp3) is 0.368. The van der Waals surface area contributed by atoms with Crippen molar-refractivity contribution < 1.29 is 32.6 Å². The van der Waals surface area contributed by atoms with E-state index in [2.05, 4.69) is 25.3 Å². The van der Waals surface area contributed by atoms with Gasteiger partial charge in [-0.3, -0.25) is 14.4 Å². The number of likely N-dealkylation sites (tertiary alicyclic amines) is 1. The molecule has 1 aromatic carbocycles. The van der Waals surface area contributed by atoms with Crippen molar-refractivity contribution in [3.8, 4) is 17.1 Å². The largest absolute Gasteiger partial charge is 0.504 e. The second-order valence-corrected chi connectivity index (χ2v) is 14.7. The molecule has 0 saturated carbocycles. The number of morpholine rings is 1. The number of fused-ring (bicyclic) bond motifs is 3. The fourth-order valence-electron chi connectivity index (χ4n) is 7.89. The lowest BCUT2D eigenvalue weighted by molar-refractivity contribution is -0.137. The van der Waals surface area contributed by atoms with E-state index >= 15 is 0 Å². The molecule has 296 valence electrons. The molecule has 6 heterocycles. The van der Waals surface area contributed by atoms with Crippen LogP contribution in [-0.2, 0) is 27.7 Å². The number of alkyl halides is 3. The number of anilines is 2. The summed E-state index contributed by atoms with van der Waals surface area (Å²) < 4.78 is 48.2. The number of ether oxygens (including phenoxy) is 1. The first kappa shape index (κ1) is 38.0. The summed E-state index contributed by atoms with van der Waals surface area (Å²) in [5, 5.41) is 17.5. The minimum Gasteiger partial charge on any atom is -0.504 e. The molecule has 0 unspecified atom stereocenters. The number of halogens is 4. The van der Waals surface area contributed by atoms with Gasteiger partial charge in [0.25, 0.3) is 11.5 Å². The van der Waals surface area contributed by atoms with E-state index in [0.717, 1.165) is 28.5 Å². The third-order valence-corrected chi connectivity index (χ3v) is 11.1. The van der Waals surface area contributed by atoms with Gasteiger partial charge in [-0.15, -0.1) is 5.10 Å². The van der Waals surface area contributed by atoms with E-state index in [4.69, 9.17) is 26.3 Å². The molecule has 2 N–H and O–H groups in total. The average Bonchev–Trinajstić information content (AvgIpc) is 3.75. The van der Waals surface area contributed by atoms with Gasteiger partial charge in [0.05, 0.1) is 52.1 Å². The SMILES string of the molecule is CC1=CC2(CCN(C(=O)c3ncnc(C)c3O)CC2)c2c1n(CC(=O)Nc1ccc(C(F)(F)F)cc1Cl)c1nc(-c3ccc(N4CCOCC4)nc3C)nn1c2=O. The molecule has 0 bridgehead atoms. The van der Waals surface area contributed by atoms with E-state index in [1.807, 2.05) is 32.1 Å². The van der Waals surface area contributed by atoms with Crippen LogP contribution in [-0.4, -0.2) is 95.3 Å². The molecule has 2 fully saturated rings. The Labute approximate surface area is 327 Å². The van der Waals surface area contributed by atoms with Crippen LogP contribution in [0.15, 0.2) is 47.5 Å². The lowest BCUT2D eigenvalue weighted by atomic mass is 9.75. The maximum Gasteiger partial charge on any atom is 0.416 e. The quantitative estimate of drug-likeness (QED) is 0.242. The fourth-order valence-corrected chi connectivity index (χ4v) is 8.12. The van der Waals surface area contributed by atoms with E-state index in [1.54, 1.807) is 16.4 Å². The van der Waals surface area contributed by atoms with E-state index < -0.39 is 41.1 Å². The minimum absolute atomic E-state index is 0.0294. The van der Waals surface area contributed by atoms with E-state index in [0.29, 0.717) is 67.2 Å². The van der Waals surface area contributed by atoms with Crippen molar-refractivity contribution in [1.29, 1.82) is 0 Å². The monoisotopic (exact) mass is 804 g/mol. The average molecular weight is 805 g/mol. The van der Waals surface area contributed by atoms with Crippen LogP contribution in [0.4, 0.5) is 24.7 Å². The number of piperidine rings is 1. The molecule has 5 aromatic rings. The lowest BCUT2D eigenvalue weighted by Gasteiger charge is -2.38. The highest BCUT2D eigenvalue weighted by Gasteiger charge is 2.46. The molecule has 2 amide bonds. The van der Waals surface area contributed by atoms with Gasteiger partial charge in [0.2, 0.25) is 11.7 Å². The van der Waals surface area contributed by atoms with Crippen molar-refractivity contribution in [1.82, 2.24) is 39.0 Å². The van der Waals surface area contributed by atoms with Crippen LogP contribution in [0.25, 0.3) is 22.7 Å². The van der Waals surface area contributed by atoms with E-state index in [1.165, 1.54) is 6.33 Å². The van der Waals surface area contributed by atoms with Crippen LogP contribution in [0.2, 0.25) is 5.02 Å². The molecule has 0 atom stereocenters. The number of rotatable bonds is 6. The highest BCUT2D eigenvalue weighted by Crippen LogP contribution is 2.46. The second kappa shape index (κ2) is 14.3. The van der Waals surface area contributed by atoms with Gasteiger partial charge in [-0.25, -0.2) is 15.0 Å². The van der Waals surface area contributed by atoms with Gasteiger partial charge in [-0.1, -0.05) is 17.7 Å². The molecule has 4 aromatic heterocycles. The number of aromatic hydroxyl groups is 1. The molecule has 3 aliphatic rings. The van der Waals surface area contributed by atoms with Crippen LogP contribution in [0.1, 0.15) is 58.5 Å². The maximum atomic E-state index is 14.7. The molecule has 0 radical (unpaired) electrons.